The molecule has 0 aliphatic heterocycles. The van der Waals surface area contributed by atoms with Gasteiger partial charge in [0.25, 0.3) is 11.6 Å². The van der Waals surface area contributed by atoms with Crippen molar-refractivity contribution in [3.8, 4) is 11.5 Å². The number of nitrogens with one attached hydrogen (secondary N) is 1. The number of ether oxygens (including phenoxy) is 2. The predicted molar refractivity (Wildman–Crippen MR) is 122 cm³/mol. The summed E-state index contributed by atoms with van der Waals surface area (Å²) in [6.07, 6.45) is 4.31. The third-order valence-electron chi connectivity index (χ3n) is 4.31. The molecular weight excluding hydrogens is 426 g/mol. The van der Waals surface area contributed by atoms with E-state index in [4.69, 9.17) is 9.47 Å². The van der Waals surface area contributed by atoms with Crippen LogP contribution in [-0.4, -0.2) is 30.1 Å². The van der Waals surface area contributed by atoms with Crippen LogP contribution in [0, 0.1) is 10.1 Å². The van der Waals surface area contributed by atoms with E-state index in [0.29, 0.717) is 11.3 Å². The van der Waals surface area contributed by atoms with E-state index in [1.54, 1.807) is 18.2 Å². The molecule has 0 saturated carbocycles. The van der Waals surface area contributed by atoms with Gasteiger partial charge < -0.3 is 9.47 Å². The van der Waals surface area contributed by atoms with E-state index in [0.717, 1.165) is 11.6 Å². The predicted octanol–water partition coefficient (Wildman–Crippen LogP) is 3.99. The normalized spacial score (nSPS) is 10.8. The average molecular weight is 445 g/mol. The van der Waals surface area contributed by atoms with Crippen molar-refractivity contribution in [3.63, 3.8) is 0 Å². The van der Waals surface area contributed by atoms with Crippen molar-refractivity contribution < 1.29 is 24.0 Å². The first kappa shape index (κ1) is 22.9. The van der Waals surface area contributed by atoms with Gasteiger partial charge in [-0.05, 0) is 41.5 Å². The summed E-state index contributed by atoms with van der Waals surface area (Å²) in [4.78, 5) is 34.5. The highest BCUT2D eigenvalue weighted by Crippen LogP contribution is 2.28. The third kappa shape index (κ3) is 6.59. The van der Waals surface area contributed by atoms with Gasteiger partial charge in [0, 0.05) is 23.8 Å². The Hall–Kier alpha value is -4.79. The Balaban J connectivity index is 1.63. The molecule has 3 rings (SSSR count). The maximum absolute atomic E-state index is 12.1. The van der Waals surface area contributed by atoms with E-state index < -0.39 is 16.8 Å². The highest BCUT2D eigenvalue weighted by atomic mass is 16.6. The highest BCUT2D eigenvalue weighted by Gasteiger charge is 2.11. The van der Waals surface area contributed by atoms with Crippen LogP contribution >= 0.6 is 0 Å². The molecule has 0 saturated heterocycles. The zero-order valence-electron chi connectivity index (χ0n) is 17.5. The van der Waals surface area contributed by atoms with Gasteiger partial charge >= 0.3 is 5.97 Å². The second-order valence-corrected chi connectivity index (χ2v) is 6.58. The molecule has 9 nitrogen and oxygen atoms in total. The van der Waals surface area contributed by atoms with Crippen LogP contribution in [0.2, 0.25) is 0 Å². The number of hydrogen-bond donors (Lipinski definition) is 1. The minimum absolute atomic E-state index is 0.102. The smallest absolute Gasteiger partial charge is 0.336 e. The molecule has 0 aliphatic rings. The van der Waals surface area contributed by atoms with E-state index in [2.05, 4.69) is 10.5 Å². The van der Waals surface area contributed by atoms with Crippen molar-refractivity contribution in [1.82, 2.24) is 5.43 Å². The molecule has 0 bridgehead atoms. The molecule has 0 atom stereocenters. The molecule has 0 radical (unpaired) electrons. The SMILES string of the molecule is COc1cc(C=NNC(=O)c2cccc([N+](=O)[O-])c2)ccc1OC(=O)C=Cc1ccccc1. The molecule has 9 heteroatoms. The summed E-state index contributed by atoms with van der Waals surface area (Å²) in [5.41, 5.74) is 3.63. The Morgan fingerprint density at radius 3 is 2.48 bits per heavy atom. The summed E-state index contributed by atoms with van der Waals surface area (Å²) in [5, 5.41) is 14.7. The molecule has 0 aliphatic carbocycles. The van der Waals surface area contributed by atoms with Gasteiger partial charge in [-0.15, -0.1) is 0 Å². The maximum Gasteiger partial charge on any atom is 0.336 e. The number of non-ortho nitro benzene ring substituents is 1. The van der Waals surface area contributed by atoms with Crippen molar-refractivity contribution >= 4 is 29.9 Å². The monoisotopic (exact) mass is 445 g/mol. The van der Waals surface area contributed by atoms with Gasteiger partial charge in [-0.1, -0.05) is 36.4 Å². The first-order valence-corrected chi connectivity index (χ1v) is 9.67. The fourth-order valence-corrected chi connectivity index (χ4v) is 2.71. The second-order valence-electron chi connectivity index (χ2n) is 6.58. The van der Waals surface area contributed by atoms with Crippen molar-refractivity contribution in [2.24, 2.45) is 5.10 Å². The Morgan fingerprint density at radius 1 is 0.970 bits per heavy atom. The number of nitro groups is 1. The molecule has 0 spiro atoms. The Labute approximate surface area is 189 Å². The number of nitro benzene ring substituents is 1. The van der Waals surface area contributed by atoms with Crippen LogP contribution in [0.4, 0.5) is 5.69 Å². The van der Waals surface area contributed by atoms with Crippen LogP contribution in [0.25, 0.3) is 6.08 Å². The first-order chi connectivity index (χ1) is 16.0. The van der Waals surface area contributed by atoms with E-state index in [1.807, 2.05) is 30.3 Å². The van der Waals surface area contributed by atoms with Crippen LogP contribution in [0.3, 0.4) is 0 Å². The summed E-state index contributed by atoms with van der Waals surface area (Å²) in [5.74, 6) is -0.649. The molecule has 166 valence electrons. The summed E-state index contributed by atoms with van der Waals surface area (Å²) in [7, 11) is 1.43. The van der Waals surface area contributed by atoms with Gasteiger partial charge in [-0.3, -0.25) is 14.9 Å². The van der Waals surface area contributed by atoms with Gasteiger partial charge in [0.2, 0.25) is 0 Å². The molecule has 3 aromatic rings. The highest BCUT2D eigenvalue weighted by molar-refractivity contribution is 5.95. The number of nitrogens with zero attached hydrogens (tertiary/aromatic N) is 2. The van der Waals surface area contributed by atoms with E-state index in [-0.39, 0.29) is 17.0 Å². The minimum atomic E-state index is -0.599. The third-order valence-corrected chi connectivity index (χ3v) is 4.31. The fourth-order valence-electron chi connectivity index (χ4n) is 2.71. The molecular formula is C24H19N3O6. The van der Waals surface area contributed by atoms with E-state index in [1.165, 1.54) is 43.7 Å². The Kier molecular flexibility index (Phi) is 7.63. The van der Waals surface area contributed by atoms with Gasteiger partial charge in [0.1, 0.15) is 0 Å². The largest absolute Gasteiger partial charge is 0.493 e. The second kappa shape index (κ2) is 11.0. The number of hydrogen-bond acceptors (Lipinski definition) is 7. The van der Waals surface area contributed by atoms with E-state index in [9.17, 15) is 19.7 Å². The molecule has 0 fully saturated rings. The standard InChI is InChI=1S/C24H19N3O6/c1-32-22-14-18(16-25-26-24(29)19-8-5-9-20(15-19)27(30)31)10-12-21(22)33-23(28)13-11-17-6-3-2-4-7-17/h2-16H,1H3,(H,26,29). The number of rotatable bonds is 8. The van der Waals surface area contributed by atoms with Gasteiger partial charge in [0.15, 0.2) is 11.5 Å². The zero-order valence-corrected chi connectivity index (χ0v) is 17.5. The van der Waals surface area contributed by atoms with Gasteiger partial charge in [-0.2, -0.15) is 5.10 Å². The number of methoxy groups -OCH3 is 1. The number of hydrazone groups is 1. The van der Waals surface area contributed by atoms with E-state index >= 15 is 0 Å². The number of amides is 1. The van der Waals surface area contributed by atoms with Crippen LogP contribution in [0.1, 0.15) is 21.5 Å². The molecule has 0 heterocycles. The van der Waals surface area contributed by atoms with Crippen molar-refractivity contribution in [3.05, 3.63) is 106 Å². The molecule has 0 aromatic heterocycles. The van der Waals surface area contributed by atoms with Crippen LogP contribution in [0.15, 0.2) is 84.0 Å². The van der Waals surface area contributed by atoms with Crippen LogP contribution in [-0.2, 0) is 4.79 Å². The van der Waals surface area contributed by atoms with Crippen LogP contribution < -0.4 is 14.9 Å². The Morgan fingerprint density at radius 2 is 1.76 bits per heavy atom. The topological polar surface area (TPSA) is 120 Å². The molecule has 33 heavy (non-hydrogen) atoms. The zero-order chi connectivity index (χ0) is 23.6. The molecule has 1 amide bonds. The average Bonchev–Trinajstić information content (AvgIpc) is 2.84. The number of carbonyl (C=O) groups excluding carboxylic acids is 2. The first-order valence-electron chi connectivity index (χ1n) is 9.67. The number of esters is 1. The fraction of sp³-hybridized carbons (Fsp3) is 0.0417. The Bertz CT molecular complexity index is 1220. The van der Waals surface area contributed by atoms with Crippen molar-refractivity contribution in [2.45, 2.75) is 0 Å². The summed E-state index contributed by atoms with van der Waals surface area (Å²) >= 11 is 0. The quantitative estimate of drug-likeness (QED) is 0.140. The van der Waals surface area contributed by atoms with Gasteiger partial charge in [0.05, 0.1) is 18.2 Å². The van der Waals surface area contributed by atoms with Crippen molar-refractivity contribution in [1.29, 1.82) is 0 Å². The number of benzene rings is 3. The van der Waals surface area contributed by atoms with Crippen LogP contribution in [0.5, 0.6) is 11.5 Å². The summed E-state index contributed by atoms with van der Waals surface area (Å²) in [6.45, 7) is 0. The summed E-state index contributed by atoms with van der Waals surface area (Å²) in [6, 6.07) is 19.4. The molecule has 0 unspecified atom stereocenters. The lowest BCUT2D eigenvalue weighted by Gasteiger charge is -2.08. The van der Waals surface area contributed by atoms with Gasteiger partial charge in [-0.25, -0.2) is 10.2 Å². The number of carbonyl (C=O) groups is 2. The minimum Gasteiger partial charge on any atom is -0.493 e. The molecule has 1 N–H and O–H groups in total. The maximum atomic E-state index is 12.1. The lowest BCUT2D eigenvalue weighted by Crippen LogP contribution is -2.17. The lowest BCUT2D eigenvalue weighted by atomic mass is 10.2. The molecule has 3 aromatic carbocycles. The van der Waals surface area contributed by atoms with Crippen molar-refractivity contribution in [2.75, 3.05) is 7.11 Å². The summed E-state index contributed by atoms with van der Waals surface area (Å²) < 4.78 is 10.6. The lowest BCUT2D eigenvalue weighted by molar-refractivity contribution is -0.384.